The zero-order valence-corrected chi connectivity index (χ0v) is 15.3. The molecule has 0 aliphatic carbocycles. The van der Waals surface area contributed by atoms with Gasteiger partial charge in [0.1, 0.15) is 0 Å². The van der Waals surface area contributed by atoms with E-state index >= 15 is 0 Å². The van der Waals surface area contributed by atoms with E-state index in [1.165, 1.54) is 0 Å². The molecule has 0 fully saturated rings. The predicted molar refractivity (Wildman–Crippen MR) is 103 cm³/mol. The van der Waals surface area contributed by atoms with Gasteiger partial charge in [-0.1, -0.05) is 53.5 Å². The Morgan fingerprint density at radius 2 is 1.83 bits per heavy atom. The summed E-state index contributed by atoms with van der Waals surface area (Å²) in [4.78, 5) is 5.35. The van der Waals surface area contributed by atoms with Crippen molar-refractivity contribution < 1.29 is 0 Å². The summed E-state index contributed by atoms with van der Waals surface area (Å²) in [6.07, 6.45) is 1.75. The van der Waals surface area contributed by atoms with Gasteiger partial charge in [0.05, 0.1) is 11.9 Å². The van der Waals surface area contributed by atoms with Gasteiger partial charge in [0, 0.05) is 33.1 Å². The SMILES string of the molecule is CCN=c1scc(-c2ccc(Cl)cc2)n1N=Cc1ccccc1Cl. The van der Waals surface area contributed by atoms with Crippen LogP contribution in [0.2, 0.25) is 10.0 Å². The second kappa shape index (κ2) is 7.79. The van der Waals surface area contributed by atoms with E-state index in [-0.39, 0.29) is 0 Å². The van der Waals surface area contributed by atoms with E-state index in [2.05, 4.69) is 10.1 Å². The van der Waals surface area contributed by atoms with E-state index in [0.29, 0.717) is 16.6 Å². The number of thiazole rings is 1. The van der Waals surface area contributed by atoms with E-state index in [0.717, 1.165) is 21.6 Å². The summed E-state index contributed by atoms with van der Waals surface area (Å²) < 4.78 is 1.83. The molecule has 3 rings (SSSR count). The molecule has 122 valence electrons. The van der Waals surface area contributed by atoms with Gasteiger partial charge in [-0.15, -0.1) is 11.3 Å². The second-order valence-electron chi connectivity index (χ2n) is 4.96. The van der Waals surface area contributed by atoms with E-state index in [9.17, 15) is 0 Å². The summed E-state index contributed by atoms with van der Waals surface area (Å²) in [6.45, 7) is 2.70. The van der Waals surface area contributed by atoms with Crippen LogP contribution >= 0.6 is 34.5 Å². The van der Waals surface area contributed by atoms with Gasteiger partial charge in [0.25, 0.3) is 0 Å². The first-order valence-corrected chi connectivity index (χ1v) is 9.08. The highest BCUT2D eigenvalue weighted by atomic mass is 35.5. The Morgan fingerprint density at radius 3 is 2.54 bits per heavy atom. The van der Waals surface area contributed by atoms with Crippen LogP contribution in [0.15, 0.2) is 64.0 Å². The first kappa shape index (κ1) is 17.0. The third kappa shape index (κ3) is 3.78. The van der Waals surface area contributed by atoms with Crippen molar-refractivity contribution in [3.63, 3.8) is 0 Å². The summed E-state index contributed by atoms with van der Waals surface area (Å²) >= 11 is 13.7. The van der Waals surface area contributed by atoms with Crippen LogP contribution in [-0.2, 0) is 0 Å². The molecule has 24 heavy (non-hydrogen) atoms. The Hall–Kier alpha value is -1.88. The lowest BCUT2D eigenvalue weighted by atomic mass is 10.2. The zero-order chi connectivity index (χ0) is 16.9. The van der Waals surface area contributed by atoms with Crippen LogP contribution in [0.1, 0.15) is 12.5 Å². The van der Waals surface area contributed by atoms with Crippen molar-refractivity contribution in [2.45, 2.75) is 6.92 Å². The molecular weight excluding hydrogens is 361 g/mol. The zero-order valence-electron chi connectivity index (χ0n) is 13.0. The van der Waals surface area contributed by atoms with E-state index in [4.69, 9.17) is 23.2 Å². The van der Waals surface area contributed by atoms with Crippen molar-refractivity contribution in [3.05, 3.63) is 74.3 Å². The third-order valence-electron chi connectivity index (χ3n) is 3.34. The van der Waals surface area contributed by atoms with Gasteiger partial charge < -0.3 is 0 Å². The molecule has 2 aromatic carbocycles. The molecule has 3 nitrogen and oxygen atoms in total. The molecule has 0 bridgehead atoms. The number of aromatic nitrogens is 1. The average Bonchev–Trinajstić information content (AvgIpc) is 2.98. The maximum atomic E-state index is 6.20. The second-order valence-corrected chi connectivity index (χ2v) is 6.64. The molecule has 0 unspecified atom stereocenters. The maximum Gasteiger partial charge on any atom is 0.206 e. The summed E-state index contributed by atoms with van der Waals surface area (Å²) in [6, 6.07) is 15.3. The standard InChI is InChI=1S/C18H15Cl2N3S/c1-2-21-18-23(22-11-14-5-3-4-6-16(14)20)17(12-24-18)13-7-9-15(19)10-8-13/h3-12H,2H2,1H3. The topological polar surface area (TPSA) is 29.6 Å². The van der Waals surface area contributed by atoms with Crippen molar-refractivity contribution in [3.8, 4) is 11.3 Å². The number of benzene rings is 2. The molecule has 1 aromatic heterocycles. The van der Waals surface area contributed by atoms with E-state index in [1.54, 1.807) is 17.6 Å². The summed E-state index contributed by atoms with van der Waals surface area (Å²) in [5.41, 5.74) is 2.86. The Bertz CT molecular complexity index is 924. The summed E-state index contributed by atoms with van der Waals surface area (Å²) in [5.74, 6) is 0. The lowest BCUT2D eigenvalue weighted by Gasteiger charge is -2.04. The van der Waals surface area contributed by atoms with Gasteiger partial charge in [-0.05, 0) is 25.1 Å². The molecule has 1 heterocycles. The number of halogens is 2. The van der Waals surface area contributed by atoms with Crippen molar-refractivity contribution in [1.29, 1.82) is 0 Å². The fourth-order valence-electron chi connectivity index (χ4n) is 2.17. The van der Waals surface area contributed by atoms with E-state index in [1.807, 2.05) is 65.5 Å². The molecule has 3 aromatic rings. The fourth-order valence-corrected chi connectivity index (χ4v) is 3.39. The van der Waals surface area contributed by atoms with Crippen LogP contribution in [0.25, 0.3) is 11.3 Å². The van der Waals surface area contributed by atoms with Crippen LogP contribution in [0.5, 0.6) is 0 Å². The number of rotatable bonds is 4. The van der Waals surface area contributed by atoms with Gasteiger partial charge in [-0.2, -0.15) is 5.10 Å². The lowest BCUT2D eigenvalue weighted by molar-refractivity contribution is 0.833. The minimum atomic E-state index is 0.666. The molecule has 0 aliphatic heterocycles. The lowest BCUT2D eigenvalue weighted by Crippen LogP contribution is -2.12. The van der Waals surface area contributed by atoms with Crippen LogP contribution in [-0.4, -0.2) is 17.4 Å². The minimum absolute atomic E-state index is 0.666. The average molecular weight is 376 g/mol. The normalized spacial score (nSPS) is 12.2. The Kier molecular flexibility index (Phi) is 5.51. The monoisotopic (exact) mass is 375 g/mol. The van der Waals surface area contributed by atoms with Gasteiger partial charge in [-0.3, -0.25) is 4.99 Å². The highest BCUT2D eigenvalue weighted by Crippen LogP contribution is 2.22. The third-order valence-corrected chi connectivity index (χ3v) is 4.79. The van der Waals surface area contributed by atoms with Crippen molar-refractivity contribution in [2.24, 2.45) is 10.1 Å². The van der Waals surface area contributed by atoms with Crippen LogP contribution in [0.3, 0.4) is 0 Å². The highest BCUT2D eigenvalue weighted by molar-refractivity contribution is 7.07. The Balaban J connectivity index is 2.08. The largest absolute Gasteiger partial charge is 0.258 e. The van der Waals surface area contributed by atoms with Crippen LogP contribution in [0.4, 0.5) is 0 Å². The summed E-state index contributed by atoms with van der Waals surface area (Å²) in [5, 5.41) is 8.02. The quantitative estimate of drug-likeness (QED) is 0.551. The Labute approximate surface area is 154 Å². The first-order valence-electron chi connectivity index (χ1n) is 7.45. The van der Waals surface area contributed by atoms with Crippen LogP contribution < -0.4 is 4.80 Å². The summed E-state index contributed by atoms with van der Waals surface area (Å²) in [7, 11) is 0. The van der Waals surface area contributed by atoms with Gasteiger partial charge in [-0.25, -0.2) is 4.68 Å². The van der Waals surface area contributed by atoms with E-state index < -0.39 is 0 Å². The van der Waals surface area contributed by atoms with Gasteiger partial charge >= 0.3 is 0 Å². The maximum absolute atomic E-state index is 6.20. The molecular formula is C18H15Cl2N3S. The van der Waals surface area contributed by atoms with Crippen LogP contribution in [0, 0.1) is 0 Å². The van der Waals surface area contributed by atoms with Crippen molar-refractivity contribution in [2.75, 3.05) is 6.54 Å². The molecule has 0 radical (unpaired) electrons. The molecule has 0 atom stereocenters. The van der Waals surface area contributed by atoms with Gasteiger partial charge in [0.2, 0.25) is 4.80 Å². The molecule has 0 saturated heterocycles. The van der Waals surface area contributed by atoms with Crippen molar-refractivity contribution in [1.82, 2.24) is 4.68 Å². The molecule has 0 saturated carbocycles. The molecule has 6 heteroatoms. The fraction of sp³-hybridized carbons (Fsp3) is 0.111. The molecule has 0 amide bonds. The molecule has 0 aliphatic rings. The molecule has 0 spiro atoms. The number of hydrogen-bond donors (Lipinski definition) is 0. The molecule has 0 N–H and O–H groups in total. The number of hydrogen-bond acceptors (Lipinski definition) is 3. The Morgan fingerprint density at radius 1 is 1.08 bits per heavy atom. The highest BCUT2D eigenvalue weighted by Gasteiger charge is 2.07. The van der Waals surface area contributed by atoms with Gasteiger partial charge in [0.15, 0.2) is 0 Å². The van der Waals surface area contributed by atoms with Crippen molar-refractivity contribution >= 4 is 40.8 Å². The first-order chi connectivity index (χ1) is 11.7. The minimum Gasteiger partial charge on any atom is -0.258 e. The smallest absolute Gasteiger partial charge is 0.206 e. The predicted octanol–water partition coefficient (Wildman–Crippen LogP) is 5.33. The number of nitrogens with zero attached hydrogens (tertiary/aromatic N) is 3.